The molecule has 0 radical (unpaired) electrons. The van der Waals surface area contributed by atoms with Gasteiger partial charge in [-0.25, -0.2) is 0 Å². The number of nitrogens with one attached hydrogen (secondary N) is 1. The maximum Gasteiger partial charge on any atom is 0.261 e. The largest absolute Gasteiger partial charge is 0.375 e. The van der Waals surface area contributed by atoms with E-state index in [1.165, 1.54) is 16.9 Å². The SMILES string of the molecule is CO[C@@H](CNC(=O)c1cccs1)c1ccccc1C. The van der Waals surface area contributed by atoms with E-state index in [0.29, 0.717) is 6.54 Å². The minimum atomic E-state index is -0.120. The zero-order valence-electron chi connectivity index (χ0n) is 11.1. The maximum absolute atomic E-state index is 11.9. The van der Waals surface area contributed by atoms with Gasteiger partial charge in [-0.2, -0.15) is 0 Å². The molecular formula is C15H17NO2S. The molecule has 1 heterocycles. The van der Waals surface area contributed by atoms with Crippen molar-refractivity contribution in [3.05, 3.63) is 57.8 Å². The van der Waals surface area contributed by atoms with Crippen molar-refractivity contribution in [3.63, 3.8) is 0 Å². The molecule has 19 heavy (non-hydrogen) atoms. The van der Waals surface area contributed by atoms with Gasteiger partial charge in [-0.15, -0.1) is 11.3 Å². The standard InChI is InChI=1S/C15H17NO2S/c1-11-6-3-4-7-12(11)13(18-2)10-16-15(17)14-8-5-9-19-14/h3-9,13H,10H2,1-2H3,(H,16,17)/t13-/m0/s1. The second-order valence-electron chi connectivity index (χ2n) is 4.27. The first-order chi connectivity index (χ1) is 9.22. The highest BCUT2D eigenvalue weighted by Gasteiger charge is 2.14. The molecule has 0 fully saturated rings. The average molecular weight is 275 g/mol. The topological polar surface area (TPSA) is 38.3 Å². The van der Waals surface area contributed by atoms with Gasteiger partial charge in [0.25, 0.3) is 5.91 Å². The Morgan fingerprint density at radius 2 is 2.11 bits per heavy atom. The van der Waals surface area contributed by atoms with E-state index >= 15 is 0 Å². The summed E-state index contributed by atoms with van der Waals surface area (Å²) in [5.41, 5.74) is 2.27. The second kappa shape index (κ2) is 6.50. The van der Waals surface area contributed by atoms with Gasteiger partial charge in [-0.05, 0) is 29.5 Å². The first kappa shape index (κ1) is 13.8. The molecule has 0 saturated carbocycles. The summed E-state index contributed by atoms with van der Waals surface area (Å²) in [6.07, 6.45) is -0.120. The summed E-state index contributed by atoms with van der Waals surface area (Å²) in [5, 5.41) is 4.80. The summed E-state index contributed by atoms with van der Waals surface area (Å²) >= 11 is 1.44. The number of carbonyl (C=O) groups excluding carboxylic acids is 1. The minimum Gasteiger partial charge on any atom is -0.375 e. The third-order valence-corrected chi connectivity index (χ3v) is 3.88. The Morgan fingerprint density at radius 3 is 2.74 bits per heavy atom. The average Bonchev–Trinajstić information content (AvgIpc) is 2.95. The fraction of sp³-hybridized carbons (Fsp3) is 0.267. The maximum atomic E-state index is 11.9. The van der Waals surface area contributed by atoms with E-state index in [1.54, 1.807) is 7.11 Å². The molecule has 3 nitrogen and oxygen atoms in total. The Morgan fingerprint density at radius 1 is 1.32 bits per heavy atom. The van der Waals surface area contributed by atoms with Crippen LogP contribution in [0.2, 0.25) is 0 Å². The van der Waals surface area contributed by atoms with Crippen LogP contribution in [0.3, 0.4) is 0 Å². The quantitative estimate of drug-likeness (QED) is 0.910. The van der Waals surface area contributed by atoms with Crippen LogP contribution >= 0.6 is 11.3 Å². The Labute approximate surface area is 117 Å². The second-order valence-corrected chi connectivity index (χ2v) is 5.22. The highest BCUT2D eigenvalue weighted by Crippen LogP contribution is 2.19. The lowest BCUT2D eigenvalue weighted by Gasteiger charge is -2.18. The number of thiophene rings is 1. The molecule has 0 unspecified atom stereocenters. The predicted octanol–water partition coefficient (Wildman–Crippen LogP) is 3.17. The van der Waals surface area contributed by atoms with Gasteiger partial charge in [0.05, 0.1) is 11.0 Å². The van der Waals surface area contributed by atoms with E-state index in [0.717, 1.165) is 10.4 Å². The molecular weight excluding hydrogens is 258 g/mol. The Hall–Kier alpha value is -1.65. The van der Waals surface area contributed by atoms with Gasteiger partial charge >= 0.3 is 0 Å². The molecule has 4 heteroatoms. The lowest BCUT2D eigenvalue weighted by atomic mass is 10.0. The van der Waals surface area contributed by atoms with Crippen LogP contribution in [0, 0.1) is 6.92 Å². The lowest BCUT2D eigenvalue weighted by molar-refractivity contribution is 0.0829. The van der Waals surface area contributed by atoms with E-state index < -0.39 is 0 Å². The summed E-state index contributed by atoms with van der Waals surface area (Å²) in [7, 11) is 1.66. The zero-order valence-corrected chi connectivity index (χ0v) is 11.9. The van der Waals surface area contributed by atoms with Crippen LogP contribution in [0.4, 0.5) is 0 Å². The zero-order chi connectivity index (χ0) is 13.7. The van der Waals surface area contributed by atoms with Crippen LogP contribution in [0.15, 0.2) is 41.8 Å². The molecule has 1 N–H and O–H groups in total. The molecule has 2 aromatic rings. The van der Waals surface area contributed by atoms with Gasteiger partial charge < -0.3 is 10.1 Å². The predicted molar refractivity (Wildman–Crippen MR) is 77.6 cm³/mol. The van der Waals surface area contributed by atoms with Crippen molar-refractivity contribution < 1.29 is 9.53 Å². The molecule has 0 aliphatic carbocycles. The number of rotatable bonds is 5. The van der Waals surface area contributed by atoms with Gasteiger partial charge in [0.2, 0.25) is 0 Å². The van der Waals surface area contributed by atoms with E-state index in [2.05, 4.69) is 5.32 Å². The Balaban J connectivity index is 2.01. The van der Waals surface area contributed by atoms with Gasteiger partial charge in [0, 0.05) is 13.7 Å². The smallest absolute Gasteiger partial charge is 0.261 e. The Bertz CT molecular complexity index is 537. The molecule has 0 saturated heterocycles. The van der Waals surface area contributed by atoms with Crippen molar-refractivity contribution in [1.29, 1.82) is 0 Å². The minimum absolute atomic E-state index is 0.0503. The van der Waals surface area contributed by atoms with Crippen LogP contribution in [0.5, 0.6) is 0 Å². The number of carbonyl (C=O) groups is 1. The summed E-state index contributed by atoms with van der Waals surface area (Å²) in [5.74, 6) is -0.0503. The number of aryl methyl sites for hydroxylation is 1. The number of ether oxygens (including phenoxy) is 1. The van der Waals surface area contributed by atoms with Gasteiger partial charge in [0.15, 0.2) is 0 Å². The molecule has 0 bridgehead atoms. The van der Waals surface area contributed by atoms with Gasteiger partial charge in [0.1, 0.15) is 0 Å². The van der Waals surface area contributed by atoms with Crippen molar-refractivity contribution in [3.8, 4) is 0 Å². The van der Waals surface area contributed by atoms with E-state index in [9.17, 15) is 4.79 Å². The molecule has 1 aromatic heterocycles. The molecule has 0 spiro atoms. The van der Waals surface area contributed by atoms with E-state index in [-0.39, 0.29) is 12.0 Å². The van der Waals surface area contributed by atoms with Crippen LogP contribution in [0.25, 0.3) is 0 Å². The third kappa shape index (κ3) is 3.43. The molecule has 1 aromatic carbocycles. The van der Waals surface area contributed by atoms with E-state index in [1.807, 2.05) is 48.7 Å². The molecule has 0 aliphatic rings. The van der Waals surface area contributed by atoms with Crippen molar-refractivity contribution in [1.82, 2.24) is 5.32 Å². The monoisotopic (exact) mass is 275 g/mol. The third-order valence-electron chi connectivity index (χ3n) is 3.01. The number of methoxy groups -OCH3 is 1. The number of hydrogen-bond donors (Lipinski definition) is 1. The van der Waals surface area contributed by atoms with Crippen LogP contribution in [0.1, 0.15) is 26.9 Å². The molecule has 1 atom stereocenters. The van der Waals surface area contributed by atoms with Crippen LogP contribution in [-0.4, -0.2) is 19.6 Å². The van der Waals surface area contributed by atoms with Crippen molar-refractivity contribution in [2.75, 3.05) is 13.7 Å². The lowest BCUT2D eigenvalue weighted by Crippen LogP contribution is -2.28. The molecule has 2 rings (SSSR count). The number of hydrogen-bond acceptors (Lipinski definition) is 3. The van der Waals surface area contributed by atoms with E-state index in [4.69, 9.17) is 4.74 Å². The summed E-state index contributed by atoms with van der Waals surface area (Å²) < 4.78 is 5.47. The number of amides is 1. The van der Waals surface area contributed by atoms with Crippen molar-refractivity contribution in [2.24, 2.45) is 0 Å². The fourth-order valence-electron chi connectivity index (χ4n) is 1.95. The summed E-state index contributed by atoms with van der Waals surface area (Å²) in [4.78, 5) is 12.6. The summed E-state index contributed by atoms with van der Waals surface area (Å²) in [6, 6.07) is 11.7. The molecule has 100 valence electrons. The van der Waals surface area contributed by atoms with Gasteiger partial charge in [-0.1, -0.05) is 30.3 Å². The molecule has 0 aliphatic heterocycles. The number of benzene rings is 1. The van der Waals surface area contributed by atoms with Gasteiger partial charge in [-0.3, -0.25) is 4.79 Å². The highest BCUT2D eigenvalue weighted by molar-refractivity contribution is 7.12. The normalized spacial score (nSPS) is 12.1. The Kier molecular flexibility index (Phi) is 4.71. The van der Waals surface area contributed by atoms with Crippen LogP contribution in [-0.2, 0) is 4.74 Å². The fourth-order valence-corrected chi connectivity index (χ4v) is 2.59. The van der Waals surface area contributed by atoms with Crippen molar-refractivity contribution >= 4 is 17.2 Å². The summed E-state index contributed by atoms with van der Waals surface area (Å²) in [6.45, 7) is 2.51. The van der Waals surface area contributed by atoms with Crippen LogP contribution < -0.4 is 5.32 Å². The first-order valence-corrected chi connectivity index (χ1v) is 7.00. The highest BCUT2D eigenvalue weighted by atomic mass is 32.1. The van der Waals surface area contributed by atoms with Crippen molar-refractivity contribution in [2.45, 2.75) is 13.0 Å². The molecule has 1 amide bonds. The first-order valence-electron chi connectivity index (χ1n) is 6.12.